The number of piperidine rings is 1. The molecule has 1 saturated heterocycles. The Labute approximate surface area is 96.0 Å². The molecule has 15 heavy (non-hydrogen) atoms. The number of amides is 2. The van der Waals surface area contributed by atoms with E-state index in [-0.39, 0.29) is 6.03 Å². The molecular weight excluding hydrogens is 210 g/mol. The minimum Gasteiger partial charge on any atom is -0.351 e. The lowest BCUT2D eigenvalue weighted by molar-refractivity contribution is 0.185. The molecule has 0 saturated carbocycles. The fraction of sp³-hybridized carbons (Fsp3) is 0.900. The summed E-state index contributed by atoms with van der Waals surface area (Å²) in [5.41, 5.74) is 5.22. The van der Waals surface area contributed by atoms with Gasteiger partial charge in [0.1, 0.15) is 0 Å². The molecule has 1 heterocycles. The average molecular weight is 231 g/mol. The maximum atomic E-state index is 10.9. The van der Waals surface area contributed by atoms with Crippen LogP contribution in [0.25, 0.3) is 0 Å². The highest BCUT2D eigenvalue weighted by Gasteiger charge is 2.20. The second-order valence-corrected chi connectivity index (χ2v) is 5.33. The molecule has 0 spiro atoms. The Kier molecular flexibility index (Phi) is 5.25. The van der Waals surface area contributed by atoms with Crippen LogP contribution < -0.4 is 11.1 Å². The van der Waals surface area contributed by atoms with Crippen molar-refractivity contribution in [3.8, 4) is 0 Å². The van der Waals surface area contributed by atoms with Crippen LogP contribution in [0.5, 0.6) is 0 Å². The zero-order valence-corrected chi connectivity index (χ0v) is 10.3. The van der Waals surface area contributed by atoms with Crippen LogP contribution in [-0.4, -0.2) is 48.1 Å². The van der Waals surface area contributed by atoms with Gasteiger partial charge in [0.15, 0.2) is 0 Å². The van der Waals surface area contributed by atoms with Crippen molar-refractivity contribution in [2.24, 2.45) is 5.73 Å². The summed E-state index contributed by atoms with van der Waals surface area (Å²) in [6.07, 6.45) is 4.16. The fourth-order valence-corrected chi connectivity index (χ4v) is 1.98. The Morgan fingerprint density at radius 1 is 1.60 bits per heavy atom. The topological polar surface area (TPSA) is 58.4 Å². The summed E-state index contributed by atoms with van der Waals surface area (Å²) in [6.45, 7) is 4.85. The molecule has 0 aromatic heterocycles. The molecular formula is C10H21N3OS. The first kappa shape index (κ1) is 12.6. The van der Waals surface area contributed by atoms with E-state index in [9.17, 15) is 4.79 Å². The van der Waals surface area contributed by atoms with Crippen LogP contribution in [-0.2, 0) is 0 Å². The summed E-state index contributed by atoms with van der Waals surface area (Å²) in [5, 5.41) is 4.18. The van der Waals surface area contributed by atoms with Gasteiger partial charge in [-0.15, -0.1) is 0 Å². The van der Waals surface area contributed by atoms with Crippen LogP contribution in [0.15, 0.2) is 0 Å². The van der Waals surface area contributed by atoms with E-state index in [1.165, 1.54) is 0 Å². The smallest absolute Gasteiger partial charge is 0.314 e. The summed E-state index contributed by atoms with van der Waals surface area (Å²) < 4.78 is 0. The fourth-order valence-electron chi connectivity index (χ4n) is 1.72. The lowest BCUT2D eigenvalue weighted by atomic mass is 10.1. The molecule has 5 heteroatoms. The summed E-state index contributed by atoms with van der Waals surface area (Å²) in [6, 6.07) is 0.265. The number of likely N-dealkylation sites (tertiary alicyclic amines) is 1. The van der Waals surface area contributed by atoms with Gasteiger partial charge in [-0.2, -0.15) is 11.8 Å². The van der Waals surface area contributed by atoms with Crippen LogP contribution in [0.2, 0.25) is 0 Å². The zero-order chi connectivity index (χ0) is 11.3. The predicted molar refractivity (Wildman–Crippen MR) is 65.2 cm³/mol. The number of carbonyl (C=O) groups is 1. The van der Waals surface area contributed by atoms with E-state index in [0.29, 0.717) is 11.3 Å². The number of thioether (sulfide) groups is 1. The summed E-state index contributed by atoms with van der Waals surface area (Å²) in [7, 11) is 0. The highest BCUT2D eigenvalue weighted by atomic mass is 32.2. The molecule has 1 fully saturated rings. The monoisotopic (exact) mass is 231 g/mol. The number of primary amides is 1. The average Bonchev–Trinajstić information content (AvgIpc) is 2.26. The zero-order valence-electron chi connectivity index (χ0n) is 9.53. The normalized spacial score (nSPS) is 20.3. The van der Waals surface area contributed by atoms with Crippen molar-refractivity contribution in [1.29, 1.82) is 0 Å². The second-order valence-electron chi connectivity index (χ2n) is 4.05. The van der Waals surface area contributed by atoms with Gasteiger partial charge in [0.25, 0.3) is 0 Å². The first-order chi connectivity index (χ1) is 7.13. The largest absolute Gasteiger partial charge is 0.351 e. The van der Waals surface area contributed by atoms with E-state index in [1.807, 2.05) is 11.8 Å². The molecule has 0 bridgehead atoms. The standard InChI is InChI=1S/C10H21N3OS/c1-8(15-2)7-12-9-3-5-13(6-4-9)10(11)14/h8-9,12H,3-7H2,1-2H3,(H2,11,14). The van der Waals surface area contributed by atoms with E-state index >= 15 is 0 Å². The first-order valence-electron chi connectivity index (χ1n) is 5.44. The van der Waals surface area contributed by atoms with Crippen molar-refractivity contribution in [2.75, 3.05) is 25.9 Å². The number of nitrogens with zero attached hydrogens (tertiary/aromatic N) is 1. The quantitative estimate of drug-likeness (QED) is 0.755. The SMILES string of the molecule is CSC(C)CNC1CCN(C(N)=O)CC1. The number of carbonyl (C=O) groups excluding carboxylic acids is 1. The van der Waals surface area contributed by atoms with Crippen molar-refractivity contribution in [2.45, 2.75) is 31.1 Å². The number of urea groups is 1. The minimum atomic E-state index is -0.286. The van der Waals surface area contributed by atoms with Gasteiger partial charge in [0, 0.05) is 30.9 Å². The predicted octanol–water partition coefficient (Wildman–Crippen LogP) is 0.871. The summed E-state index contributed by atoms with van der Waals surface area (Å²) >= 11 is 1.87. The van der Waals surface area contributed by atoms with Gasteiger partial charge in [0.05, 0.1) is 0 Å². The lowest BCUT2D eigenvalue weighted by Crippen LogP contribution is -2.47. The van der Waals surface area contributed by atoms with Crippen LogP contribution in [0.3, 0.4) is 0 Å². The van der Waals surface area contributed by atoms with Gasteiger partial charge in [-0.25, -0.2) is 4.79 Å². The van der Waals surface area contributed by atoms with Crippen molar-refractivity contribution < 1.29 is 4.79 Å². The van der Waals surface area contributed by atoms with E-state index in [2.05, 4.69) is 18.5 Å². The van der Waals surface area contributed by atoms with E-state index in [1.54, 1.807) is 4.90 Å². The molecule has 1 rings (SSSR count). The Hall–Kier alpha value is -0.420. The molecule has 88 valence electrons. The molecule has 3 N–H and O–H groups in total. The Morgan fingerprint density at radius 2 is 2.20 bits per heavy atom. The van der Waals surface area contributed by atoms with Crippen LogP contribution in [0.4, 0.5) is 4.79 Å². The van der Waals surface area contributed by atoms with Gasteiger partial charge in [-0.05, 0) is 19.1 Å². The summed E-state index contributed by atoms with van der Waals surface area (Å²) in [4.78, 5) is 12.6. The molecule has 1 atom stereocenters. The molecule has 0 radical (unpaired) electrons. The van der Waals surface area contributed by atoms with Gasteiger partial charge in [-0.1, -0.05) is 6.92 Å². The van der Waals surface area contributed by atoms with E-state index < -0.39 is 0 Å². The van der Waals surface area contributed by atoms with Gasteiger partial charge >= 0.3 is 6.03 Å². The lowest BCUT2D eigenvalue weighted by Gasteiger charge is -2.31. The number of nitrogens with two attached hydrogens (primary N) is 1. The molecule has 1 unspecified atom stereocenters. The maximum Gasteiger partial charge on any atom is 0.314 e. The van der Waals surface area contributed by atoms with Crippen molar-refractivity contribution >= 4 is 17.8 Å². The summed E-state index contributed by atoms with van der Waals surface area (Å²) in [5.74, 6) is 0. The molecule has 2 amide bonds. The minimum absolute atomic E-state index is 0.286. The molecule has 1 aliphatic heterocycles. The highest BCUT2D eigenvalue weighted by Crippen LogP contribution is 2.11. The number of rotatable bonds is 4. The Bertz CT molecular complexity index is 205. The maximum absolute atomic E-state index is 10.9. The van der Waals surface area contributed by atoms with Crippen LogP contribution >= 0.6 is 11.8 Å². The molecule has 0 aliphatic carbocycles. The third kappa shape index (κ3) is 4.30. The Balaban J connectivity index is 2.17. The third-order valence-electron chi connectivity index (χ3n) is 2.90. The van der Waals surface area contributed by atoms with E-state index in [4.69, 9.17) is 5.73 Å². The highest BCUT2D eigenvalue weighted by molar-refractivity contribution is 7.99. The second kappa shape index (κ2) is 6.23. The van der Waals surface area contributed by atoms with Gasteiger partial charge < -0.3 is 16.0 Å². The van der Waals surface area contributed by atoms with Crippen LogP contribution in [0.1, 0.15) is 19.8 Å². The first-order valence-corrected chi connectivity index (χ1v) is 6.73. The van der Waals surface area contributed by atoms with Crippen molar-refractivity contribution in [1.82, 2.24) is 10.2 Å². The molecule has 0 aromatic carbocycles. The number of nitrogens with one attached hydrogen (secondary N) is 1. The molecule has 0 aromatic rings. The third-order valence-corrected chi connectivity index (χ3v) is 3.87. The van der Waals surface area contributed by atoms with Crippen molar-refractivity contribution in [3.63, 3.8) is 0 Å². The molecule has 4 nitrogen and oxygen atoms in total. The van der Waals surface area contributed by atoms with E-state index in [0.717, 1.165) is 32.5 Å². The Morgan fingerprint density at radius 3 is 2.67 bits per heavy atom. The van der Waals surface area contributed by atoms with Crippen LogP contribution in [0, 0.1) is 0 Å². The van der Waals surface area contributed by atoms with Gasteiger partial charge in [-0.3, -0.25) is 0 Å². The number of hydrogen-bond acceptors (Lipinski definition) is 3. The van der Waals surface area contributed by atoms with Gasteiger partial charge in [0.2, 0.25) is 0 Å². The van der Waals surface area contributed by atoms with Crippen molar-refractivity contribution in [3.05, 3.63) is 0 Å². The molecule has 1 aliphatic rings. The number of hydrogen-bond donors (Lipinski definition) is 2.